The number of hydrogen-bond acceptors (Lipinski definition) is 6. The number of thiazole rings is 1. The van der Waals surface area contributed by atoms with E-state index in [2.05, 4.69) is 28.5 Å². The van der Waals surface area contributed by atoms with Gasteiger partial charge in [0.1, 0.15) is 0 Å². The van der Waals surface area contributed by atoms with E-state index in [1.807, 2.05) is 20.8 Å². The minimum absolute atomic E-state index is 0.111. The van der Waals surface area contributed by atoms with Crippen LogP contribution in [0.4, 0.5) is 5.13 Å². The van der Waals surface area contributed by atoms with Crippen LogP contribution in [0.15, 0.2) is 23.1 Å². The van der Waals surface area contributed by atoms with Crippen LogP contribution in [0.3, 0.4) is 0 Å². The third-order valence-corrected chi connectivity index (χ3v) is 5.36. The number of carbonyl (C=O) groups excluding carboxylic acids is 2. The van der Waals surface area contributed by atoms with E-state index in [1.54, 1.807) is 6.92 Å². The van der Waals surface area contributed by atoms with Gasteiger partial charge < -0.3 is 10.1 Å². The van der Waals surface area contributed by atoms with E-state index < -0.39 is 0 Å². The summed E-state index contributed by atoms with van der Waals surface area (Å²) < 4.78 is 4.95. The fourth-order valence-electron chi connectivity index (χ4n) is 2.31. The average Bonchev–Trinajstić information content (AvgIpc) is 2.84. The van der Waals surface area contributed by atoms with Crippen LogP contribution in [0.5, 0.6) is 0 Å². The first-order valence-electron chi connectivity index (χ1n) is 8.00. The largest absolute Gasteiger partial charge is 0.466 e. The smallest absolute Gasteiger partial charge is 0.311 e. The Balaban J connectivity index is 1.91. The highest BCUT2D eigenvalue weighted by atomic mass is 32.2. The van der Waals surface area contributed by atoms with Gasteiger partial charge in [0.05, 0.1) is 24.5 Å². The zero-order valence-electron chi connectivity index (χ0n) is 14.8. The summed E-state index contributed by atoms with van der Waals surface area (Å²) in [4.78, 5) is 29.9. The molecule has 1 amide bonds. The first-order valence-corrected chi connectivity index (χ1v) is 9.80. The second-order valence-corrected chi connectivity index (χ2v) is 7.80. The summed E-state index contributed by atoms with van der Waals surface area (Å²) in [5.41, 5.74) is 3.11. The predicted octanol–water partition coefficient (Wildman–Crippen LogP) is 3.90. The molecule has 0 unspecified atom stereocenters. The number of esters is 1. The van der Waals surface area contributed by atoms with Gasteiger partial charge in [0.2, 0.25) is 5.91 Å². The van der Waals surface area contributed by atoms with Crippen LogP contribution in [0.1, 0.15) is 28.6 Å². The van der Waals surface area contributed by atoms with Crippen molar-refractivity contribution in [2.45, 2.75) is 39.0 Å². The van der Waals surface area contributed by atoms with Gasteiger partial charge in [-0.2, -0.15) is 0 Å². The van der Waals surface area contributed by atoms with Crippen LogP contribution >= 0.6 is 23.1 Å². The van der Waals surface area contributed by atoms with Crippen molar-refractivity contribution in [3.8, 4) is 0 Å². The summed E-state index contributed by atoms with van der Waals surface area (Å²) in [6.45, 7) is 8.04. The molecule has 0 radical (unpaired) electrons. The zero-order valence-corrected chi connectivity index (χ0v) is 16.5. The molecule has 5 nitrogen and oxygen atoms in total. The molecule has 0 bridgehead atoms. The normalized spacial score (nSPS) is 10.6. The maximum Gasteiger partial charge on any atom is 0.311 e. The second kappa shape index (κ2) is 9.01. The van der Waals surface area contributed by atoms with Crippen molar-refractivity contribution in [1.82, 2.24) is 4.98 Å². The molecule has 0 aliphatic carbocycles. The number of ether oxygens (including phenoxy) is 1. The number of aromatic nitrogens is 1. The van der Waals surface area contributed by atoms with Crippen molar-refractivity contribution in [2.75, 3.05) is 17.7 Å². The number of rotatable bonds is 7. The zero-order chi connectivity index (χ0) is 18.4. The molecule has 0 saturated heterocycles. The van der Waals surface area contributed by atoms with Gasteiger partial charge in [-0.1, -0.05) is 6.07 Å². The van der Waals surface area contributed by atoms with Crippen LogP contribution < -0.4 is 5.32 Å². The van der Waals surface area contributed by atoms with E-state index in [-0.39, 0.29) is 18.3 Å². The highest BCUT2D eigenvalue weighted by Gasteiger charge is 2.14. The summed E-state index contributed by atoms with van der Waals surface area (Å²) in [6, 6.07) is 6.24. The summed E-state index contributed by atoms with van der Waals surface area (Å²) in [5, 5.41) is 3.32. The molecule has 2 aromatic rings. The molecule has 0 fully saturated rings. The topological polar surface area (TPSA) is 68.3 Å². The Kier molecular flexibility index (Phi) is 7.01. The lowest BCUT2D eigenvalue weighted by Gasteiger charge is -2.05. The van der Waals surface area contributed by atoms with Crippen LogP contribution in [-0.2, 0) is 20.7 Å². The number of benzene rings is 1. The summed E-state index contributed by atoms with van der Waals surface area (Å²) in [7, 11) is 0. The Morgan fingerprint density at radius 1 is 1.20 bits per heavy atom. The molecule has 25 heavy (non-hydrogen) atoms. The van der Waals surface area contributed by atoms with E-state index in [0.717, 1.165) is 15.5 Å². The van der Waals surface area contributed by atoms with Gasteiger partial charge in [0.25, 0.3) is 0 Å². The minimum Gasteiger partial charge on any atom is -0.466 e. The standard InChI is InChI=1S/C18H22N2O3S2/c1-5-23-17(22)9-15-13(4)19-18(25-15)20-16(21)10-24-14-7-11(2)6-12(3)8-14/h6-8H,5,9-10H2,1-4H3,(H,19,20,21). The molecule has 1 heterocycles. The van der Waals surface area contributed by atoms with Crippen LogP contribution in [0.25, 0.3) is 0 Å². The average molecular weight is 379 g/mol. The predicted molar refractivity (Wildman–Crippen MR) is 102 cm³/mol. The third kappa shape index (κ3) is 6.17. The van der Waals surface area contributed by atoms with Gasteiger partial charge in [-0.15, -0.1) is 23.1 Å². The lowest BCUT2D eigenvalue weighted by Crippen LogP contribution is -2.13. The maximum atomic E-state index is 12.1. The third-order valence-electron chi connectivity index (χ3n) is 3.31. The van der Waals surface area contributed by atoms with Crippen molar-refractivity contribution in [3.63, 3.8) is 0 Å². The SMILES string of the molecule is CCOC(=O)Cc1sc(NC(=O)CSc2cc(C)cc(C)c2)nc1C. The van der Waals surface area contributed by atoms with Crippen molar-refractivity contribution in [3.05, 3.63) is 39.9 Å². The van der Waals surface area contributed by atoms with Gasteiger partial charge in [-0.05, 0) is 51.0 Å². The molecule has 1 N–H and O–H groups in total. The molecule has 134 valence electrons. The van der Waals surface area contributed by atoms with Crippen molar-refractivity contribution >= 4 is 40.1 Å². The van der Waals surface area contributed by atoms with E-state index in [1.165, 1.54) is 34.2 Å². The number of hydrogen-bond donors (Lipinski definition) is 1. The molecule has 1 aromatic carbocycles. The van der Waals surface area contributed by atoms with E-state index in [0.29, 0.717) is 17.5 Å². The van der Waals surface area contributed by atoms with Crippen molar-refractivity contribution in [1.29, 1.82) is 0 Å². The molecule has 0 atom stereocenters. The van der Waals surface area contributed by atoms with E-state index in [4.69, 9.17) is 4.74 Å². The number of thioether (sulfide) groups is 1. The number of aryl methyl sites for hydroxylation is 3. The highest BCUT2D eigenvalue weighted by Crippen LogP contribution is 2.25. The highest BCUT2D eigenvalue weighted by molar-refractivity contribution is 8.00. The fourth-order valence-corrected chi connectivity index (χ4v) is 4.18. The minimum atomic E-state index is -0.280. The number of carbonyl (C=O) groups is 2. The Hall–Kier alpha value is -1.86. The van der Waals surface area contributed by atoms with E-state index >= 15 is 0 Å². The molecular formula is C18H22N2O3S2. The molecule has 2 rings (SSSR count). The van der Waals surface area contributed by atoms with Gasteiger partial charge >= 0.3 is 5.97 Å². The number of nitrogens with zero attached hydrogens (tertiary/aromatic N) is 1. The first kappa shape index (κ1) is 19.5. The Bertz CT molecular complexity index is 751. The van der Waals surface area contributed by atoms with Crippen LogP contribution in [0, 0.1) is 20.8 Å². The molecule has 0 aliphatic heterocycles. The monoisotopic (exact) mass is 378 g/mol. The van der Waals surface area contributed by atoms with Crippen molar-refractivity contribution < 1.29 is 14.3 Å². The van der Waals surface area contributed by atoms with Gasteiger partial charge in [0, 0.05) is 9.77 Å². The van der Waals surface area contributed by atoms with Gasteiger partial charge in [0.15, 0.2) is 5.13 Å². The lowest BCUT2D eigenvalue weighted by molar-refractivity contribution is -0.142. The fraction of sp³-hybridized carbons (Fsp3) is 0.389. The Labute approximate surface area is 156 Å². The molecule has 0 aliphatic rings. The quantitative estimate of drug-likeness (QED) is 0.584. The van der Waals surface area contributed by atoms with Gasteiger partial charge in [-0.25, -0.2) is 4.98 Å². The number of amides is 1. The summed E-state index contributed by atoms with van der Waals surface area (Å²) in [5.74, 6) is -0.0764. The number of anilines is 1. The molecule has 0 saturated carbocycles. The van der Waals surface area contributed by atoms with Gasteiger partial charge in [-0.3, -0.25) is 9.59 Å². The van der Waals surface area contributed by atoms with Crippen LogP contribution in [0.2, 0.25) is 0 Å². The lowest BCUT2D eigenvalue weighted by atomic mass is 10.2. The Morgan fingerprint density at radius 2 is 1.88 bits per heavy atom. The Morgan fingerprint density at radius 3 is 2.52 bits per heavy atom. The van der Waals surface area contributed by atoms with Crippen molar-refractivity contribution in [2.24, 2.45) is 0 Å². The second-order valence-electron chi connectivity index (χ2n) is 5.67. The maximum absolute atomic E-state index is 12.1. The molecule has 7 heteroatoms. The first-order chi connectivity index (χ1) is 11.9. The molecule has 0 spiro atoms. The molecular weight excluding hydrogens is 356 g/mol. The summed E-state index contributed by atoms with van der Waals surface area (Å²) in [6.07, 6.45) is 0.185. The van der Waals surface area contributed by atoms with Crippen LogP contribution in [-0.4, -0.2) is 29.2 Å². The van der Waals surface area contributed by atoms with E-state index in [9.17, 15) is 9.59 Å². The summed E-state index contributed by atoms with van der Waals surface area (Å²) >= 11 is 2.81. The number of nitrogens with one attached hydrogen (secondary N) is 1. The molecule has 1 aromatic heterocycles.